The Kier molecular flexibility index (Phi) is 6.11. The third-order valence-corrected chi connectivity index (χ3v) is 4.14. The molecule has 0 aliphatic rings. The molecule has 0 aliphatic heterocycles. The molecule has 0 radical (unpaired) electrons. The molecule has 134 valence electrons. The maximum atomic E-state index is 4.83. The fraction of sp³-hybridized carbons (Fsp3) is 0.120. The quantitative estimate of drug-likeness (QED) is 0.404. The SMILES string of the molecule is CC.Cc1cccc(-c2cc(-c3ccccc3)nc(-c3ccccc3)n2)c1. The van der Waals surface area contributed by atoms with Crippen LogP contribution in [-0.2, 0) is 0 Å². The van der Waals surface area contributed by atoms with E-state index in [9.17, 15) is 0 Å². The molecule has 0 aliphatic carbocycles. The van der Waals surface area contributed by atoms with E-state index >= 15 is 0 Å². The summed E-state index contributed by atoms with van der Waals surface area (Å²) in [4.78, 5) is 9.64. The molecule has 1 aromatic heterocycles. The summed E-state index contributed by atoms with van der Waals surface area (Å²) >= 11 is 0. The van der Waals surface area contributed by atoms with Gasteiger partial charge in [-0.25, -0.2) is 9.97 Å². The lowest BCUT2D eigenvalue weighted by atomic mass is 10.1. The van der Waals surface area contributed by atoms with Gasteiger partial charge in [-0.1, -0.05) is 98.3 Å². The van der Waals surface area contributed by atoms with Crippen molar-refractivity contribution in [3.8, 4) is 33.9 Å². The summed E-state index contributed by atoms with van der Waals surface area (Å²) in [5.74, 6) is 0.749. The molecule has 0 spiro atoms. The van der Waals surface area contributed by atoms with Gasteiger partial charge in [0.1, 0.15) is 0 Å². The monoisotopic (exact) mass is 352 g/mol. The molecule has 0 amide bonds. The van der Waals surface area contributed by atoms with E-state index in [-0.39, 0.29) is 0 Å². The maximum Gasteiger partial charge on any atom is 0.160 e. The normalized spacial score (nSPS) is 10.0. The molecule has 0 bridgehead atoms. The molecule has 0 atom stereocenters. The number of hydrogen-bond donors (Lipinski definition) is 0. The van der Waals surface area contributed by atoms with Gasteiger partial charge in [-0.3, -0.25) is 0 Å². The van der Waals surface area contributed by atoms with E-state index in [0.29, 0.717) is 0 Å². The zero-order valence-electron chi connectivity index (χ0n) is 16.1. The molecule has 0 saturated carbocycles. The molecule has 0 N–H and O–H groups in total. The minimum atomic E-state index is 0.749. The van der Waals surface area contributed by atoms with Crippen LogP contribution >= 0.6 is 0 Å². The Labute approximate surface area is 161 Å². The van der Waals surface area contributed by atoms with Gasteiger partial charge in [-0.05, 0) is 19.1 Å². The molecule has 2 heteroatoms. The van der Waals surface area contributed by atoms with Gasteiger partial charge in [0.2, 0.25) is 0 Å². The van der Waals surface area contributed by atoms with Crippen LogP contribution in [0.2, 0.25) is 0 Å². The van der Waals surface area contributed by atoms with Crippen LogP contribution in [0.5, 0.6) is 0 Å². The van der Waals surface area contributed by atoms with Gasteiger partial charge in [0, 0.05) is 16.7 Å². The van der Waals surface area contributed by atoms with Crippen LogP contribution < -0.4 is 0 Å². The average molecular weight is 352 g/mol. The number of aryl methyl sites for hydroxylation is 1. The van der Waals surface area contributed by atoms with E-state index in [1.807, 2.05) is 62.4 Å². The van der Waals surface area contributed by atoms with Crippen LogP contribution in [0.25, 0.3) is 33.9 Å². The van der Waals surface area contributed by atoms with Crippen molar-refractivity contribution in [2.45, 2.75) is 20.8 Å². The standard InChI is InChI=1S/C23H18N2.C2H6/c1-17-9-8-14-20(15-17)22-16-21(18-10-4-2-5-11-18)24-23(25-22)19-12-6-3-7-13-19;1-2/h2-16H,1H3;1-2H3. The Morgan fingerprint density at radius 1 is 0.519 bits per heavy atom. The fourth-order valence-electron chi connectivity index (χ4n) is 2.87. The van der Waals surface area contributed by atoms with Gasteiger partial charge >= 0.3 is 0 Å². The second-order valence-electron chi connectivity index (χ2n) is 6.06. The van der Waals surface area contributed by atoms with Crippen molar-refractivity contribution in [2.24, 2.45) is 0 Å². The van der Waals surface area contributed by atoms with Crippen LogP contribution in [0.15, 0.2) is 91.0 Å². The predicted molar refractivity (Wildman–Crippen MR) is 114 cm³/mol. The Morgan fingerprint density at radius 2 is 1.04 bits per heavy atom. The minimum Gasteiger partial charge on any atom is -0.228 e. The van der Waals surface area contributed by atoms with E-state index < -0.39 is 0 Å². The van der Waals surface area contributed by atoms with Crippen molar-refractivity contribution >= 4 is 0 Å². The molecule has 0 fully saturated rings. The van der Waals surface area contributed by atoms with E-state index in [4.69, 9.17) is 9.97 Å². The molecule has 3 aromatic carbocycles. The van der Waals surface area contributed by atoms with Gasteiger partial charge < -0.3 is 0 Å². The Hall–Kier alpha value is -3.26. The lowest BCUT2D eigenvalue weighted by Gasteiger charge is -2.09. The fourth-order valence-corrected chi connectivity index (χ4v) is 2.87. The lowest BCUT2D eigenvalue weighted by Crippen LogP contribution is -1.95. The van der Waals surface area contributed by atoms with E-state index in [1.54, 1.807) is 0 Å². The first-order chi connectivity index (χ1) is 13.3. The first-order valence-corrected chi connectivity index (χ1v) is 9.36. The van der Waals surface area contributed by atoms with Crippen molar-refractivity contribution in [3.05, 3.63) is 96.6 Å². The van der Waals surface area contributed by atoms with Crippen molar-refractivity contribution in [3.63, 3.8) is 0 Å². The van der Waals surface area contributed by atoms with Gasteiger partial charge in [0.05, 0.1) is 11.4 Å². The molecule has 0 unspecified atom stereocenters. The van der Waals surface area contributed by atoms with Crippen LogP contribution in [0.3, 0.4) is 0 Å². The van der Waals surface area contributed by atoms with Crippen LogP contribution in [0, 0.1) is 6.92 Å². The average Bonchev–Trinajstić information content (AvgIpc) is 2.76. The van der Waals surface area contributed by atoms with Gasteiger partial charge in [-0.15, -0.1) is 0 Å². The van der Waals surface area contributed by atoms with E-state index in [0.717, 1.165) is 33.9 Å². The molecule has 2 nitrogen and oxygen atoms in total. The first kappa shape index (κ1) is 18.5. The topological polar surface area (TPSA) is 25.8 Å². The minimum absolute atomic E-state index is 0.749. The highest BCUT2D eigenvalue weighted by molar-refractivity contribution is 5.71. The summed E-state index contributed by atoms with van der Waals surface area (Å²) in [5.41, 5.74) is 6.32. The molecule has 27 heavy (non-hydrogen) atoms. The van der Waals surface area contributed by atoms with Crippen LogP contribution in [-0.4, -0.2) is 9.97 Å². The Bertz CT molecular complexity index is 935. The van der Waals surface area contributed by atoms with E-state index in [1.165, 1.54) is 5.56 Å². The Balaban J connectivity index is 0.00000102. The first-order valence-electron chi connectivity index (χ1n) is 9.36. The predicted octanol–water partition coefficient (Wildman–Crippen LogP) is 6.81. The van der Waals surface area contributed by atoms with Crippen LogP contribution in [0.4, 0.5) is 0 Å². The number of nitrogens with zero attached hydrogens (tertiary/aromatic N) is 2. The second kappa shape index (κ2) is 8.91. The van der Waals surface area contributed by atoms with Gasteiger partial charge in [0.25, 0.3) is 0 Å². The van der Waals surface area contributed by atoms with Gasteiger partial charge in [0.15, 0.2) is 5.82 Å². The lowest BCUT2D eigenvalue weighted by molar-refractivity contribution is 1.18. The number of aromatic nitrogens is 2. The highest BCUT2D eigenvalue weighted by Crippen LogP contribution is 2.27. The summed E-state index contributed by atoms with van der Waals surface area (Å²) in [5, 5.41) is 0. The smallest absolute Gasteiger partial charge is 0.160 e. The molecule has 4 aromatic rings. The summed E-state index contributed by atoms with van der Waals surface area (Å²) in [6, 6.07) is 30.9. The molecular formula is C25H24N2. The number of benzene rings is 3. The second-order valence-corrected chi connectivity index (χ2v) is 6.06. The maximum absolute atomic E-state index is 4.83. The Morgan fingerprint density at radius 3 is 1.63 bits per heavy atom. The summed E-state index contributed by atoms with van der Waals surface area (Å²) < 4.78 is 0. The van der Waals surface area contributed by atoms with Crippen molar-refractivity contribution in [1.82, 2.24) is 9.97 Å². The molecule has 0 saturated heterocycles. The highest BCUT2D eigenvalue weighted by Gasteiger charge is 2.10. The summed E-state index contributed by atoms with van der Waals surface area (Å²) in [6.07, 6.45) is 0. The molecular weight excluding hydrogens is 328 g/mol. The zero-order chi connectivity index (χ0) is 19.1. The largest absolute Gasteiger partial charge is 0.228 e. The zero-order valence-corrected chi connectivity index (χ0v) is 16.1. The van der Waals surface area contributed by atoms with Crippen molar-refractivity contribution in [1.29, 1.82) is 0 Å². The third-order valence-electron chi connectivity index (χ3n) is 4.14. The number of hydrogen-bond acceptors (Lipinski definition) is 2. The van der Waals surface area contributed by atoms with Crippen molar-refractivity contribution in [2.75, 3.05) is 0 Å². The summed E-state index contributed by atoms with van der Waals surface area (Å²) in [6.45, 7) is 6.10. The molecule has 1 heterocycles. The molecule has 4 rings (SSSR count). The number of rotatable bonds is 3. The summed E-state index contributed by atoms with van der Waals surface area (Å²) in [7, 11) is 0. The van der Waals surface area contributed by atoms with Gasteiger partial charge in [-0.2, -0.15) is 0 Å². The van der Waals surface area contributed by atoms with Crippen molar-refractivity contribution < 1.29 is 0 Å². The highest BCUT2D eigenvalue weighted by atomic mass is 14.9. The third kappa shape index (κ3) is 4.48. The van der Waals surface area contributed by atoms with E-state index in [2.05, 4.69) is 49.4 Å². The van der Waals surface area contributed by atoms with Crippen LogP contribution in [0.1, 0.15) is 19.4 Å².